The van der Waals surface area contributed by atoms with E-state index in [1.165, 1.54) is 7.11 Å². The number of esters is 1. The Kier molecular flexibility index (Phi) is 12.3. The Hall–Kier alpha value is -4.29. The average molecular weight is 823 g/mol. The van der Waals surface area contributed by atoms with Gasteiger partial charge in [-0.25, -0.2) is 4.79 Å². The maximum atomic E-state index is 14.4. The Bertz CT molecular complexity index is 2120. The molecule has 3 N–H and O–H groups in total. The number of carbonyl (C=O) groups is 2. The first kappa shape index (κ1) is 42.8. The second-order valence-corrected chi connectivity index (χ2v) is 19.8. The van der Waals surface area contributed by atoms with Crippen molar-refractivity contribution in [1.29, 1.82) is 0 Å². The predicted octanol–water partition coefficient (Wildman–Crippen LogP) is 7.90. The summed E-state index contributed by atoms with van der Waals surface area (Å²) in [4.78, 5) is 27.5. The topological polar surface area (TPSA) is 145 Å². The van der Waals surface area contributed by atoms with Crippen LogP contribution in [0.4, 0.5) is 0 Å². The molecule has 1 saturated heterocycles. The summed E-state index contributed by atoms with van der Waals surface area (Å²) in [7, 11) is -3.13. The highest BCUT2D eigenvalue weighted by Crippen LogP contribution is 2.65. The summed E-state index contributed by atoms with van der Waals surface area (Å²) in [5, 5.41) is 3.49. The average Bonchev–Trinajstić information content (AvgIpc) is 3.59. The summed E-state index contributed by atoms with van der Waals surface area (Å²) >= 11 is 0. The third-order valence-electron chi connectivity index (χ3n) is 12.3. The molecule has 3 saturated carbocycles. The van der Waals surface area contributed by atoms with Gasteiger partial charge in [0, 0.05) is 0 Å². The van der Waals surface area contributed by atoms with Crippen LogP contribution in [0.1, 0.15) is 93.0 Å². The molecule has 8 rings (SSSR count). The van der Waals surface area contributed by atoms with E-state index in [1.807, 2.05) is 87.5 Å². The fourth-order valence-corrected chi connectivity index (χ4v) is 10.5. The minimum absolute atomic E-state index is 0.0769. The first-order valence-corrected chi connectivity index (χ1v) is 21.9. The number of carbonyl (C=O) groups excluding carboxylic acids is 2. The van der Waals surface area contributed by atoms with Gasteiger partial charge in [0.15, 0.2) is 0 Å². The van der Waals surface area contributed by atoms with E-state index in [0.29, 0.717) is 34.0 Å². The standard InChI is InChI=1S/C46H56BN2O9P/c1-44(2,3)56-43(51)36-20-14-19-33(41(36)53-7)25-39(47-57-38-27-34-26-37(45(34,4)5)46(38,6)58-47)49-42(50)40(48)32-21-23-35(24-22-32)59(52,54-28-30-15-10-8-11-16-30)55-29-31-17-12-9-13-18-31/h8-24,34,37-40H,25-29,48H2,1-7H3,(H,49,50)/t34-,37-,38+,39?,40?,46-/m0/s1. The molecule has 1 heterocycles. The van der Waals surface area contributed by atoms with Gasteiger partial charge in [-0.2, -0.15) is 0 Å². The Morgan fingerprint density at radius 3 is 2.05 bits per heavy atom. The number of para-hydroxylation sites is 1. The maximum absolute atomic E-state index is 14.4. The van der Waals surface area contributed by atoms with E-state index in [0.717, 1.165) is 24.0 Å². The molecule has 59 heavy (non-hydrogen) atoms. The fraction of sp³-hybridized carbons (Fsp3) is 0.435. The number of methoxy groups -OCH3 is 1. The molecule has 1 amide bonds. The van der Waals surface area contributed by atoms with Crippen molar-refractivity contribution >= 4 is 31.9 Å². The molecular weight excluding hydrogens is 766 g/mol. The molecule has 0 radical (unpaired) electrons. The van der Waals surface area contributed by atoms with Gasteiger partial charge in [-0.05, 0) is 105 Å². The normalized spacial score (nSPS) is 23.1. The molecule has 4 aliphatic rings. The van der Waals surface area contributed by atoms with Crippen LogP contribution < -0.4 is 21.1 Å². The lowest BCUT2D eigenvalue weighted by Gasteiger charge is -2.64. The molecule has 3 aliphatic carbocycles. The number of hydrogen-bond donors (Lipinski definition) is 2. The second kappa shape index (κ2) is 17.0. The van der Waals surface area contributed by atoms with Crippen LogP contribution in [0.3, 0.4) is 0 Å². The van der Waals surface area contributed by atoms with Crippen LogP contribution in [0, 0.1) is 17.3 Å². The lowest BCUT2D eigenvalue weighted by atomic mass is 9.43. The molecule has 1 aliphatic heterocycles. The number of amides is 1. The van der Waals surface area contributed by atoms with Crippen LogP contribution in [0.25, 0.3) is 0 Å². The summed E-state index contributed by atoms with van der Waals surface area (Å²) in [6.07, 6.45) is 2.02. The molecule has 312 valence electrons. The van der Waals surface area contributed by atoms with Gasteiger partial charge in [-0.1, -0.05) is 98.8 Å². The Labute approximate surface area is 348 Å². The summed E-state index contributed by atoms with van der Waals surface area (Å²) in [6, 6.07) is 29.7. The first-order valence-electron chi connectivity index (χ1n) is 20.4. The van der Waals surface area contributed by atoms with Crippen molar-refractivity contribution in [2.75, 3.05) is 7.11 Å². The Morgan fingerprint density at radius 1 is 0.881 bits per heavy atom. The van der Waals surface area contributed by atoms with E-state index in [1.54, 1.807) is 36.4 Å². The summed E-state index contributed by atoms with van der Waals surface area (Å²) in [5.41, 5.74) is 8.67. The van der Waals surface area contributed by atoms with Crippen LogP contribution in [-0.4, -0.2) is 49.4 Å². The SMILES string of the molecule is COc1c(CC(NC(=O)C(N)c2ccc(P(=O)(OCc3ccccc3)OCc3ccccc3)cc2)B2O[C@@H]3C[C@@H]4C[C@@H](C4(C)C)[C@]3(C)O2)cccc1C(=O)OC(C)(C)C. The molecule has 13 heteroatoms. The van der Waals surface area contributed by atoms with Crippen molar-refractivity contribution in [3.8, 4) is 5.75 Å². The highest BCUT2D eigenvalue weighted by Gasteiger charge is 2.68. The van der Waals surface area contributed by atoms with E-state index in [4.69, 9.17) is 33.6 Å². The summed E-state index contributed by atoms with van der Waals surface area (Å²) in [6.45, 7) is 12.3. The molecule has 6 atom stereocenters. The van der Waals surface area contributed by atoms with Crippen molar-refractivity contribution in [1.82, 2.24) is 5.32 Å². The van der Waals surface area contributed by atoms with E-state index in [2.05, 4.69) is 26.1 Å². The highest BCUT2D eigenvalue weighted by atomic mass is 31.2. The molecular formula is C46H56BN2O9P. The lowest BCUT2D eigenvalue weighted by molar-refractivity contribution is -0.199. The zero-order valence-corrected chi connectivity index (χ0v) is 35.9. The molecule has 4 aromatic rings. The molecule has 4 fully saturated rings. The Morgan fingerprint density at radius 2 is 1.49 bits per heavy atom. The zero-order chi connectivity index (χ0) is 42.2. The number of nitrogens with one attached hydrogen (secondary N) is 1. The molecule has 2 bridgehead atoms. The first-order chi connectivity index (χ1) is 28.0. The maximum Gasteiger partial charge on any atom is 0.482 e. The number of hydrogen-bond acceptors (Lipinski definition) is 10. The monoisotopic (exact) mass is 822 g/mol. The highest BCUT2D eigenvalue weighted by molar-refractivity contribution is 7.62. The van der Waals surface area contributed by atoms with Crippen LogP contribution in [-0.2, 0) is 52.1 Å². The summed E-state index contributed by atoms with van der Waals surface area (Å²) in [5.74, 6) is -0.515. The number of nitrogens with two attached hydrogens (primary N) is 1. The molecule has 0 spiro atoms. The minimum Gasteiger partial charge on any atom is -0.496 e. The van der Waals surface area contributed by atoms with Crippen molar-refractivity contribution in [3.05, 3.63) is 131 Å². The largest absolute Gasteiger partial charge is 0.496 e. The van der Waals surface area contributed by atoms with Crippen molar-refractivity contribution < 1.29 is 42.0 Å². The van der Waals surface area contributed by atoms with Crippen molar-refractivity contribution in [3.63, 3.8) is 0 Å². The third kappa shape index (κ3) is 9.09. The van der Waals surface area contributed by atoms with Gasteiger partial charge in [0.2, 0.25) is 5.91 Å². The van der Waals surface area contributed by atoms with Gasteiger partial charge in [0.1, 0.15) is 23.0 Å². The van der Waals surface area contributed by atoms with Gasteiger partial charge >= 0.3 is 20.7 Å². The lowest BCUT2D eigenvalue weighted by Crippen LogP contribution is -2.65. The quantitative estimate of drug-likeness (QED) is 0.0690. The molecule has 11 nitrogen and oxygen atoms in total. The van der Waals surface area contributed by atoms with Gasteiger partial charge in [-0.15, -0.1) is 0 Å². The van der Waals surface area contributed by atoms with E-state index in [9.17, 15) is 14.2 Å². The number of ether oxygens (including phenoxy) is 2. The number of rotatable bonds is 15. The van der Waals surface area contributed by atoms with Gasteiger partial charge < -0.3 is 38.9 Å². The predicted molar refractivity (Wildman–Crippen MR) is 227 cm³/mol. The second-order valence-electron chi connectivity index (χ2n) is 17.7. The van der Waals surface area contributed by atoms with E-state index in [-0.39, 0.29) is 36.7 Å². The minimum atomic E-state index is -3.83. The molecule has 4 aromatic carbocycles. The fourth-order valence-electron chi connectivity index (χ4n) is 8.95. The van der Waals surface area contributed by atoms with E-state index < -0.39 is 49.8 Å². The number of benzene rings is 4. The zero-order valence-electron chi connectivity index (χ0n) is 35.0. The summed E-state index contributed by atoms with van der Waals surface area (Å²) < 4.78 is 51.5. The van der Waals surface area contributed by atoms with Gasteiger partial charge in [-0.3, -0.25) is 9.36 Å². The molecule has 2 unspecified atom stereocenters. The van der Waals surface area contributed by atoms with Crippen LogP contribution in [0.2, 0.25) is 0 Å². The van der Waals surface area contributed by atoms with Crippen LogP contribution in [0.5, 0.6) is 5.75 Å². The van der Waals surface area contributed by atoms with Crippen molar-refractivity contribution in [2.24, 2.45) is 23.0 Å². The van der Waals surface area contributed by atoms with Gasteiger partial charge in [0.25, 0.3) is 0 Å². The smallest absolute Gasteiger partial charge is 0.482 e. The van der Waals surface area contributed by atoms with Crippen LogP contribution in [0.15, 0.2) is 103 Å². The van der Waals surface area contributed by atoms with Gasteiger partial charge in [0.05, 0.1) is 43.3 Å². The Balaban J connectivity index is 1.13. The van der Waals surface area contributed by atoms with Crippen molar-refractivity contribution in [2.45, 2.75) is 103 Å². The van der Waals surface area contributed by atoms with E-state index >= 15 is 0 Å². The van der Waals surface area contributed by atoms with Crippen LogP contribution >= 0.6 is 7.60 Å². The molecule has 0 aromatic heterocycles. The third-order valence-corrected chi connectivity index (χ3v) is 14.2.